The monoisotopic (exact) mass is 333 g/mol. The molecule has 0 aromatic heterocycles. The van der Waals surface area contributed by atoms with Gasteiger partial charge in [-0.3, -0.25) is 4.79 Å². The molecule has 3 rings (SSSR count). The number of methoxy groups -OCH3 is 1. The third kappa shape index (κ3) is 3.65. The van der Waals surface area contributed by atoms with E-state index < -0.39 is 6.10 Å². The van der Waals surface area contributed by atoms with Crippen molar-refractivity contribution in [3.63, 3.8) is 0 Å². The Kier molecular flexibility index (Phi) is 5.26. The number of hydrogen-bond donors (Lipinski definition) is 2. The summed E-state index contributed by atoms with van der Waals surface area (Å²) in [6.07, 6.45) is 2.05. The van der Waals surface area contributed by atoms with Crippen LogP contribution >= 0.6 is 0 Å². The number of aliphatic hydroxyl groups is 1. The van der Waals surface area contributed by atoms with Crippen molar-refractivity contribution in [3.8, 4) is 5.75 Å². The van der Waals surface area contributed by atoms with Crippen molar-refractivity contribution < 1.29 is 14.6 Å². The van der Waals surface area contributed by atoms with Gasteiger partial charge in [-0.2, -0.15) is 0 Å². The van der Waals surface area contributed by atoms with E-state index in [4.69, 9.17) is 4.74 Å². The Balaban J connectivity index is 1.53. The Labute approximate surface area is 143 Å². The van der Waals surface area contributed by atoms with Crippen molar-refractivity contribution >= 4 is 11.6 Å². The molecule has 0 aliphatic carbocycles. The van der Waals surface area contributed by atoms with Crippen LogP contribution in [-0.2, 0) is 4.79 Å². The summed E-state index contributed by atoms with van der Waals surface area (Å²) < 4.78 is 5.20. The third-order valence-corrected chi connectivity index (χ3v) is 5.20. The zero-order valence-electron chi connectivity index (χ0n) is 14.4. The molecule has 2 fully saturated rings. The first-order valence-corrected chi connectivity index (χ1v) is 8.65. The van der Waals surface area contributed by atoms with Gasteiger partial charge < -0.3 is 25.0 Å². The predicted octanol–water partition coefficient (Wildman–Crippen LogP) is 0.845. The lowest BCUT2D eigenvalue weighted by Gasteiger charge is -2.38. The summed E-state index contributed by atoms with van der Waals surface area (Å²) in [5.74, 6) is 0.972. The van der Waals surface area contributed by atoms with Gasteiger partial charge in [-0.1, -0.05) is 0 Å². The van der Waals surface area contributed by atoms with E-state index in [9.17, 15) is 9.90 Å². The summed E-state index contributed by atoms with van der Waals surface area (Å²) >= 11 is 0. The van der Waals surface area contributed by atoms with Crippen molar-refractivity contribution in [2.45, 2.75) is 37.5 Å². The fourth-order valence-electron chi connectivity index (χ4n) is 3.64. The van der Waals surface area contributed by atoms with E-state index in [1.165, 1.54) is 5.69 Å². The smallest absolute Gasteiger partial charge is 0.239 e. The van der Waals surface area contributed by atoms with Crippen molar-refractivity contribution in [1.82, 2.24) is 10.2 Å². The summed E-state index contributed by atoms with van der Waals surface area (Å²) in [6, 6.07) is 8.16. The van der Waals surface area contributed by atoms with E-state index in [-0.39, 0.29) is 18.0 Å². The normalized spacial score (nSPS) is 24.9. The molecule has 24 heavy (non-hydrogen) atoms. The number of anilines is 1. The maximum absolute atomic E-state index is 12.5. The minimum absolute atomic E-state index is 0.106. The van der Waals surface area contributed by atoms with Crippen LogP contribution < -0.4 is 15.0 Å². The van der Waals surface area contributed by atoms with Gasteiger partial charge in [-0.15, -0.1) is 0 Å². The minimum Gasteiger partial charge on any atom is -0.497 e. The van der Waals surface area contributed by atoms with Crippen molar-refractivity contribution in [2.75, 3.05) is 38.7 Å². The molecule has 0 radical (unpaired) electrons. The van der Waals surface area contributed by atoms with E-state index in [1.54, 1.807) is 7.11 Å². The Hall–Kier alpha value is -1.79. The molecule has 1 aromatic carbocycles. The average molecular weight is 333 g/mol. The Bertz CT molecular complexity index is 555. The van der Waals surface area contributed by atoms with Gasteiger partial charge >= 0.3 is 0 Å². The second kappa shape index (κ2) is 7.40. The van der Waals surface area contributed by atoms with Crippen LogP contribution in [0, 0.1) is 0 Å². The van der Waals surface area contributed by atoms with Crippen LogP contribution in [0.3, 0.4) is 0 Å². The lowest BCUT2D eigenvalue weighted by atomic mass is 10.0. The van der Waals surface area contributed by atoms with Crippen molar-refractivity contribution in [2.24, 2.45) is 0 Å². The maximum atomic E-state index is 12.5. The Morgan fingerprint density at radius 3 is 2.50 bits per heavy atom. The number of nitrogens with one attached hydrogen (secondary N) is 1. The second-order valence-corrected chi connectivity index (χ2v) is 6.72. The topological polar surface area (TPSA) is 65.0 Å². The third-order valence-electron chi connectivity index (χ3n) is 5.20. The molecule has 2 aliphatic rings. The molecule has 2 heterocycles. The van der Waals surface area contributed by atoms with Gasteiger partial charge in [0, 0.05) is 38.4 Å². The lowest BCUT2D eigenvalue weighted by Crippen LogP contribution is -2.50. The van der Waals surface area contributed by atoms with Crippen LogP contribution in [0.5, 0.6) is 5.75 Å². The van der Waals surface area contributed by atoms with Crippen LogP contribution in [0.1, 0.15) is 19.3 Å². The largest absolute Gasteiger partial charge is 0.497 e. The van der Waals surface area contributed by atoms with Gasteiger partial charge in [0.15, 0.2) is 0 Å². The molecular weight excluding hydrogens is 306 g/mol. The molecule has 1 amide bonds. The first-order valence-electron chi connectivity index (χ1n) is 8.65. The van der Waals surface area contributed by atoms with Crippen molar-refractivity contribution in [3.05, 3.63) is 24.3 Å². The van der Waals surface area contributed by atoms with Gasteiger partial charge in [0.25, 0.3) is 0 Å². The number of hydrogen-bond acceptors (Lipinski definition) is 5. The molecule has 1 aromatic rings. The lowest BCUT2D eigenvalue weighted by molar-refractivity contribution is -0.134. The minimum atomic E-state index is -0.399. The number of amides is 1. The van der Waals surface area contributed by atoms with E-state index in [1.807, 2.05) is 24.1 Å². The molecule has 0 bridgehead atoms. The SMILES string of the molecule is COc1ccc(N2CCC(N(C)C(=O)[C@H]3C[C@H](O)CN3)CC2)cc1. The molecule has 2 N–H and O–H groups in total. The summed E-state index contributed by atoms with van der Waals surface area (Å²) in [6.45, 7) is 2.39. The van der Waals surface area contributed by atoms with Crippen LogP contribution in [0.15, 0.2) is 24.3 Å². The standard InChI is InChI=1S/C18H27N3O3/c1-20(18(23)17-11-15(22)12-19-17)13-7-9-21(10-8-13)14-3-5-16(24-2)6-4-14/h3-6,13,15,17,19,22H,7-12H2,1-2H3/t15-,17+/m0/s1. The highest BCUT2D eigenvalue weighted by Crippen LogP contribution is 2.25. The number of rotatable bonds is 4. The molecule has 0 saturated carbocycles. The molecule has 2 saturated heterocycles. The molecule has 6 nitrogen and oxygen atoms in total. The summed E-state index contributed by atoms with van der Waals surface area (Å²) in [5, 5.41) is 12.7. The number of benzene rings is 1. The highest BCUT2D eigenvalue weighted by molar-refractivity contribution is 5.82. The number of ether oxygens (including phenoxy) is 1. The molecule has 2 atom stereocenters. The molecule has 132 valence electrons. The number of β-amino-alcohol motifs (C(OH)–C–C–N with tert-alkyl or cyclic N) is 1. The van der Waals surface area contributed by atoms with Gasteiger partial charge in [0.2, 0.25) is 5.91 Å². The summed E-state index contributed by atoms with van der Waals surface area (Å²) in [5.41, 5.74) is 1.20. The van der Waals surface area contributed by atoms with E-state index in [0.29, 0.717) is 13.0 Å². The first kappa shape index (κ1) is 17.0. The van der Waals surface area contributed by atoms with Gasteiger partial charge in [0.1, 0.15) is 5.75 Å². The molecule has 2 aliphatic heterocycles. The fourth-order valence-corrected chi connectivity index (χ4v) is 3.64. The zero-order chi connectivity index (χ0) is 17.1. The van der Waals surface area contributed by atoms with Crippen molar-refractivity contribution in [1.29, 1.82) is 0 Å². The maximum Gasteiger partial charge on any atom is 0.239 e. The van der Waals surface area contributed by atoms with Crippen LogP contribution in [0.2, 0.25) is 0 Å². The molecule has 0 spiro atoms. The predicted molar refractivity (Wildman–Crippen MR) is 93.4 cm³/mol. The van der Waals surface area contributed by atoms with Crippen LogP contribution in [0.25, 0.3) is 0 Å². The highest BCUT2D eigenvalue weighted by Gasteiger charge is 2.33. The molecule has 6 heteroatoms. The van der Waals surface area contributed by atoms with Gasteiger partial charge in [-0.25, -0.2) is 0 Å². The first-order chi connectivity index (χ1) is 11.6. The number of piperidine rings is 1. The summed E-state index contributed by atoms with van der Waals surface area (Å²) in [4.78, 5) is 16.8. The fraction of sp³-hybridized carbons (Fsp3) is 0.611. The van der Waals surface area contributed by atoms with E-state index >= 15 is 0 Å². The highest BCUT2D eigenvalue weighted by atomic mass is 16.5. The van der Waals surface area contributed by atoms with Crippen LogP contribution in [0.4, 0.5) is 5.69 Å². The van der Waals surface area contributed by atoms with E-state index in [2.05, 4.69) is 22.3 Å². The number of nitrogens with zero attached hydrogens (tertiary/aromatic N) is 2. The Morgan fingerprint density at radius 2 is 1.96 bits per heavy atom. The number of carbonyl (C=O) groups is 1. The number of carbonyl (C=O) groups excluding carboxylic acids is 1. The summed E-state index contributed by atoms with van der Waals surface area (Å²) in [7, 11) is 3.56. The Morgan fingerprint density at radius 1 is 1.29 bits per heavy atom. The average Bonchev–Trinajstić information content (AvgIpc) is 3.07. The van der Waals surface area contributed by atoms with E-state index in [0.717, 1.165) is 31.7 Å². The zero-order valence-corrected chi connectivity index (χ0v) is 14.4. The molecule has 0 unspecified atom stereocenters. The molecular formula is C18H27N3O3. The van der Waals surface area contributed by atoms with Crippen LogP contribution in [-0.4, -0.2) is 67.9 Å². The quantitative estimate of drug-likeness (QED) is 0.855. The van der Waals surface area contributed by atoms with Gasteiger partial charge in [0.05, 0.1) is 19.3 Å². The van der Waals surface area contributed by atoms with Gasteiger partial charge in [-0.05, 0) is 43.5 Å². The second-order valence-electron chi connectivity index (χ2n) is 6.72. The number of likely N-dealkylation sites (N-methyl/N-ethyl adjacent to an activating group) is 1. The number of aliphatic hydroxyl groups excluding tert-OH is 1.